The van der Waals surface area contributed by atoms with Crippen LogP contribution in [0.3, 0.4) is 0 Å². The van der Waals surface area contributed by atoms with E-state index in [-0.39, 0.29) is 76.2 Å². The van der Waals surface area contributed by atoms with Gasteiger partial charge in [0.1, 0.15) is 49.1 Å². The summed E-state index contributed by atoms with van der Waals surface area (Å²) in [5, 5.41) is 64.7. The van der Waals surface area contributed by atoms with Crippen molar-refractivity contribution in [2.24, 2.45) is 28.1 Å². The molecule has 0 bridgehead atoms. The molecule has 1 rings (SSSR count). The number of aldehydes is 5. The first-order valence-electron chi connectivity index (χ1n) is 29.7. The minimum absolute atomic E-state index is 0.0349. The van der Waals surface area contributed by atoms with Crippen molar-refractivity contribution in [2.45, 2.75) is 190 Å². The van der Waals surface area contributed by atoms with Gasteiger partial charge in [-0.05, 0) is 92.0 Å². The minimum Gasteiger partial charge on any atom is -0.481 e. The van der Waals surface area contributed by atoms with Gasteiger partial charge in [-0.3, -0.25) is 89.1 Å². The van der Waals surface area contributed by atoms with Crippen LogP contribution in [0.1, 0.15) is 106 Å². The summed E-state index contributed by atoms with van der Waals surface area (Å²) >= 11 is 0. The molecule has 0 radical (unpaired) electrons. The number of aliphatic hydroxyl groups excluding tert-OH is 1. The summed E-state index contributed by atoms with van der Waals surface area (Å²) < 4.78 is 0. The molecule has 0 unspecified atom stereocenters. The molecular weight excluding hydrogens is 1250 g/mol. The number of amides is 10. The number of carbonyl (C=O) groups excluding carboxylic acids is 15. The van der Waals surface area contributed by atoms with E-state index in [0.29, 0.717) is 19.1 Å². The molecule has 39 heteroatoms. The van der Waals surface area contributed by atoms with E-state index in [0.717, 1.165) is 13.8 Å². The summed E-state index contributed by atoms with van der Waals surface area (Å²) in [6, 6.07) is -10.6. The van der Waals surface area contributed by atoms with Gasteiger partial charge < -0.3 is 110 Å². The Morgan fingerprint density at radius 3 is 1.63 bits per heavy atom. The van der Waals surface area contributed by atoms with Crippen molar-refractivity contribution in [2.75, 3.05) is 26.7 Å². The van der Waals surface area contributed by atoms with Crippen LogP contribution in [0.2, 0.25) is 0 Å². The Hall–Kier alpha value is -9.28. The molecule has 94 heavy (non-hydrogen) atoms. The summed E-state index contributed by atoms with van der Waals surface area (Å²) in [4.78, 5) is 226. The van der Waals surface area contributed by atoms with E-state index in [2.05, 4.69) is 84.7 Å². The van der Waals surface area contributed by atoms with E-state index in [1.54, 1.807) is 32.9 Å². The molecule has 39 nitrogen and oxygen atoms in total. The van der Waals surface area contributed by atoms with Crippen molar-refractivity contribution in [1.29, 1.82) is 0 Å². The molecule has 526 valence electrons. The third kappa shape index (κ3) is 30.0. The Morgan fingerprint density at radius 1 is 0.638 bits per heavy atom. The quantitative estimate of drug-likeness (QED) is 0.00686. The van der Waals surface area contributed by atoms with Gasteiger partial charge in [-0.25, -0.2) is 0 Å². The lowest BCUT2D eigenvalue weighted by molar-refractivity contribution is -0.140. The van der Waals surface area contributed by atoms with Gasteiger partial charge in [0.05, 0.1) is 61.7 Å². The molecular formula is C55H91N19O20. The smallest absolute Gasteiger partial charge is 0.305 e. The van der Waals surface area contributed by atoms with Crippen LogP contribution >= 0.6 is 0 Å². The molecule has 1 aliphatic rings. The first-order chi connectivity index (χ1) is 44.2. The highest BCUT2D eigenvalue weighted by Crippen LogP contribution is 2.18. The molecule has 0 aromatic rings. The van der Waals surface area contributed by atoms with Gasteiger partial charge in [-0.2, -0.15) is 0 Å². The van der Waals surface area contributed by atoms with Gasteiger partial charge in [0, 0.05) is 6.54 Å². The SMILES string of the molecule is CN[C@@]1(C)CCC/C=C\CCC[C@@](C)(C(=O)N[C@@H](C)C(=O)N[C@H](N[C@@H](C=O)CC(=O)O)C(=O)N[C@@H](N[C@@H](C=O)CCCN=C(N)N)C(=O)N[C@H](N[C@@H](C=O)CO)C(=O)N[C@@H](C)C(N)=O)NC(=O)[C@H](N[C@@H](C=O)CC(=O)O)NC(=O)CNC(=O)[C@H](N[C@@H](C=O)C(C)C)NC1=O. The molecule has 14 atom stereocenters. The lowest BCUT2D eigenvalue weighted by atomic mass is 9.92. The molecule has 1 aliphatic heterocycles. The van der Waals surface area contributed by atoms with E-state index in [9.17, 15) is 96.8 Å². The van der Waals surface area contributed by atoms with Crippen molar-refractivity contribution < 1.29 is 96.8 Å². The minimum atomic E-state index is -2.27. The number of carboxylic acids is 2. The topological polar surface area (TPSA) is 622 Å². The Kier molecular flexibility index (Phi) is 37.0. The largest absolute Gasteiger partial charge is 0.481 e. The molecule has 0 aliphatic carbocycles. The number of allylic oxidation sites excluding steroid dienone is 2. The number of nitrogens with two attached hydrogens (primary N) is 3. The average Bonchev–Trinajstić information content (AvgIpc) is 0.888. The van der Waals surface area contributed by atoms with Gasteiger partial charge in [0.15, 0.2) is 36.8 Å². The number of carbonyl (C=O) groups is 17. The highest BCUT2D eigenvalue weighted by molar-refractivity contribution is 5.99. The van der Waals surface area contributed by atoms with Gasteiger partial charge in [-0.15, -0.1) is 0 Å². The maximum absolute atomic E-state index is 14.6. The maximum Gasteiger partial charge on any atom is 0.305 e. The summed E-state index contributed by atoms with van der Waals surface area (Å²) in [6.07, 6.45) is -6.70. The van der Waals surface area contributed by atoms with Crippen LogP contribution in [0.4, 0.5) is 0 Å². The van der Waals surface area contributed by atoms with Crippen LogP contribution in [-0.2, 0) is 81.5 Å². The molecule has 0 saturated heterocycles. The van der Waals surface area contributed by atoms with Crippen molar-refractivity contribution in [3.05, 3.63) is 12.2 Å². The number of guanidine groups is 1. The van der Waals surface area contributed by atoms with Crippen molar-refractivity contribution in [1.82, 2.24) is 79.8 Å². The number of aliphatic carboxylic acids is 2. The van der Waals surface area contributed by atoms with E-state index >= 15 is 0 Å². The molecule has 10 amide bonds. The Morgan fingerprint density at radius 2 is 1.14 bits per heavy atom. The second kappa shape index (κ2) is 42.0. The molecule has 0 aromatic heterocycles. The number of carboxylic acid groups (broad SMARTS) is 2. The van der Waals surface area contributed by atoms with E-state index in [1.807, 2.05) is 0 Å². The van der Waals surface area contributed by atoms with Gasteiger partial charge >= 0.3 is 11.9 Å². The number of nitrogens with one attached hydrogen (secondary N) is 15. The van der Waals surface area contributed by atoms with Crippen LogP contribution in [0.25, 0.3) is 0 Å². The number of rotatable bonds is 37. The first kappa shape index (κ1) is 82.7. The molecule has 24 N–H and O–H groups in total. The predicted molar refractivity (Wildman–Crippen MR) is 329 cm³/mol. The Balaban J connectivity index is 3.98. The van der Waals surface area contributed by atoms with Crippen LogP contribution < -0.4 is 97.0 Å². The lowest BCUT2D eigenvalue weighted by Crippen LogP contribution is -2.68. The zero-order valence-corrected chi connectivity index (χ0v) is 53.2. The number of aliphatic hydroxyl groups is 1. The maximum atomic E-state index is 14.6. The summed E-state index contributed by atoms with van der Waals surface area (Å²) in [7, 11) is 1.52. The second-order valence-electron chi connectivity index (χ2n) is 22.5. The van der Waals surface area contributed by atoms with Gasteiger partial charge in [0.2, 0.25) is 29.5 Å². The van der Waals surface area contributed by atoms with Crippen LogP contribution in [0, 0.1) is 5.92 Å². The molecule has 0 spiro atoms. The highest BCUT2D eigenvalue weighted by Gasteiger charge is 2.41. The average molecular weight is 1340 g/mol. The molecule has 1 heterocycles. The molecule has 0 saturated carbocycles. The third-order valence-corrected chi connectivity index (χ3v) is 14.3. The van der Waals surface area contributed by atoms with Crippen LogP contribution in [0.15, 0.2) is 17.1 Å². The zero-order chi connectivity index (χ0) is 71.5. The number of primary amides is 1. The number of nitrogens with zero attached hydrogens (tertiary/aromatic N) is 1. The Bertz CT molecular complexity index is 2740. The van der Waals surface area contributed by atoms with E-state index in [4.69, 9.17) is 17.2 Å². The predicted octanol–water partition coefficient (Wildman–Crippen LogP) is -9.99. The number of likely N-dealkylation sites (N-methyl/N-ethyl adjacent to an activating group) is 1. The first-order valence-corrected chi connectivity index (χ1v) is 29.7. The van der Waals surface area contributed by atoms with E-state index in [1.165, 1.54) is 14.0 Å². The van der Waals surface area contributed by atoms with Crippen LogP contribution in [0.5, 0.6) is 0 Å². The highest BCUT2D eigenvalue weighted by atomic mass is 16.4. The Labute approximate surface area is 540 Å². The molecule has 0 fully saturated rings. The summed E-state index contributed by atoms with van der Waals surface area (Å²) in [5.41, 5.74) is 12.6. The fourth-order valence-corrected chi connectivity index (χ4v) is 8.46. The van der Waals surface area contributed by atoms with Gasteiger partial charge in [-0.1, -0.05) is 26.0 Å². The summed E-state index contributed by atoms with van der Waals surface area (Å²) in [5.74, 6) is -15.7. The van der Waals surface area contributed by atoms with Gasteiger partial charge in [0.25, 0.3) is 29.5 Å². The lowest BCUT2D eigenvalue weighted by Gasteiger charge is -2.33. The second-order valence-corrected chi connectivity index (χ2v) is 22.5. The zero-order valence-electron chi connectivity index (χ0n) is 53.2. The summed E-state index contributed by atoms with van der Waals surface area (Å²) in [6.45, 7) is 6.34. The fraction of sp³-hybridized carbons (Fsp3) is 0.636. The monoisotopic (exact) mass is 1340 g/mol. The normalized spacial score (nSPS) is 22.0. The third-order valence-electron chi connectivity index (χ3n) is 14.3. The van der Waals surface area contributed by atoms with E-state index < -0.39 is 187 Å². The number of hydrogen-bond acceptors (Lipinski definition) is 25. The number of aliphatic imine (C=N–C) groups is 1. The van der Waals surface area contributed by atoms with Crippen LogP contribution in [-0.4, -0.2) is 235 Å². The standard InChI is InChI=1S/C55H91N19O20/c1-28(2)35(27-80)68-40-46(88)61-21-36(81)69-44(66-33(24-77)20-38(84)85)50(92)74-55(6,17-13-11-9-8-10-12-16-54(5,59-7)51(93)73-40)52(94)63-30(4)45(87)70-43(65-32(23-76)19-37(82)83)49(91)72-42(64-31(22-75)15-14-18-60-53(57)58)48(90)71-41(67-34(25-78)26-79)47(89)62-29(3)39(56)86/h8-9,22-25,27-35,40-44,59,64-68,79H,10-21,26H2,1-7H3,(H2,56,86)(H,61,88)(H,62,89)(H,63,94)(H,69,81)(H,70,87)(H,71,90)(H,72,91)(H,73,93)(H,74,92)(H,82,83)(H,84,85)(H4,57,58,60)/b9-8-/t29-,30-,31+,32+,33+,34-,35-,40+,41-,42+,43-,44+,54-,55-/m0/s1. The fourth-order valence-electron chi connectivity index (χ4n) is 8.46. The number of hydrogen-bond donors (Lipinski definition) is 21. The molecule has 0 aromatic carbocycles. The van der Waals surface area contributed by atoms with Crippen molar-refractivity contribution in [3.63, 3.8) is 0 Å². The van der Waals surface area contributed by atoms with Crippen molar-refractivity contribution >= 4 is 108 Å². The van der Waals surface area contributed by atoms with Crippen molar-refractivity contribution in [3.8, 4) is 0 Å².